The fraction of sp³-hybridized carbons (Fsp3) is 0.176. The average Bonchev–Trinajstić information content (AvgIpc) is 2.61. The lowest BCUT2D eigenvalue weighted by atomic mass is 10.2. The number of nitrogens with one attached hydrogen (secondary N) is 1. The number of anilines is 1. The number of nitro groups is 1. The van der Waals surface area contributed by atoms with Crippen molar-refractivity contribution in [2.75, 3.05) is 18.5 Å². The highest BCUT2D eigenvalue weighted by Crippen LogP contribution is 2.28. The zero-order chi connectivity index (χ0) is 19.1. The van der Waals surface area contributed by atoms with Crippen LogP contribution in [0.5, 0.6) is 5.75 Å². The Balaban J connectivity index is 2.02. The molecule has 0 unspecified atom stereocenters. The summed E-state index contributed by atoms with van der Waals surface area (Å²) in [6, 6.07) is 10.0. The van der Waals surface area contributed by atoms with E-state index in [2.05, 4.69) is 5.32 Å². The molecule has 0 heterocycles. The third-order valence-corrected chi connectivity index (χ3v) is 3.48. The fourth-order valence-electron chi connectivity index (χ4n) is 2.03. The molecule has 9 heteroatoms. The van der Waals surface area contributed by atoms with Gasteiger partial charge in [-0.3, -0.25) is 14.9 Å². The van der Waals surface area contributed by atoms with E-state index in [1.54, 1.807) is 25.1 Å². The number of esters is 1. The van der Waals surface area contributed by atoms with E-state index >= 15 is 0 Å². The summed E-state index contributed by atoms with van der Waals surface area (Å²) in [7, 11) is 0. The van der Waals surface area contributed by atoms with Crippen molar-refractivity contribution in [1.29, 1.82) is 0 Å². The van der Waals surface area contributed by atoms with Gasteiger partial charge in [-0.1, -0.05) is 23.7 Å². The Morgan fingerprint density at radius 1 is 1.23 bits per heavy atom. The SMILES string of the molecule is CCOC(=O)c1ccccc1NC(=O)COc1ccc([N+](=O)[O-])cc1Cl. The first-order chi connectivity index (χ1) is 12.4. The van der Waals surface area contributed by atoms with Crippen LogP contribution in [0.2, 0.25) is 5.02 Å². The Kier molecular flexibility index (Phi) is 6.51. The van der Waals surface area contributed by atoms with Crippen molar-refractivity contribution < 1.29 is 24.0 Å². The maximum Gasteiger partial charge on any atom is 0.340 e. The number of non-ortho nitro benzene ring substituents is 1. The maximum atomic E-state index is 12.1. The highest BCUT2D eigenvalue weighted by molar-refractivity contribution is 6.32. The largest absolute Gasteiger partial charge is 0.482 e. The number of nitrogens with zero attached hydrogens (tertiary/aromatic N) is 1. The minimum Gasteiger partial charge on any atom is -0.482 e. The number of nitro benzene ring substituents is 1. The van der Waals surface area contributed by atoms with Gasteiger partial charge in [-0.2, -0.15) is 0 Å². The number of benzene rings is 2. The van der Waals surface area contributed by atoms with Crippen molar-refractivity contribution in [2.45, 2.75) is 6.92 Å². The van der Waals surface area contributed by atoms with Crippen molar-refractivity contribution in [2.24, 2.45) is 0 Å². The van der Waals surface area contributed by atoms with Crippen LogP contribution in [0.15, 0.2) is 42.5 Å². The summed E-state index contributed by atoms with van der Waals surface area (Å²) in [4.78, 5) is 34.0. The van der Waals surface area contributed by atoms with E-state index in [4.69, 9.17) is 21.1 Å². The zero-order valence-electron chi connectivity index (χ0n) is 13.7. The second kappa shape index (κ2) is 8.82. The number of hydrogen-bond donors (Lipinski definition) is 1. The first kappa shape index (κ1) is 19.2. The lowest BCUT2D eigenvalue weighted by molar-refractivity contribution is -0.384. The van der Waals surface area contributed by atoms with Gasteiger partial charge in [0.15, 0.2) is 6.61 Å². The maximum absolute atomic E-state index is 12.1. The lowest BCUT2D eigenvalue weighted by Gasteiger charge is -2.11. The molecule has 0 fully saturated rings. The van der Waals surface area contributed by atoms with Crippen LogP contribution in [0.3, 0.4) is 0 Å². The summed E-state index contributed by atoms with van der Waals surface area (Å²) in [5, 5.41) is 13.2. The van der Waals surface area contributed by atoms with Crippen LogP contribution in [-0.2, 0) is 9.53 Å². The Labute approximate surface area is 153 Å². The van der Waals surface area contributed by atoms with Crippen LogP contribution in [0.4, 0.5) is 11.4 Å². The second-order valence-corrected chi connectivity index (χ2v) is 5.38. The van der Waals surface area contributed by atoms with E-state index in [1.807, 2.05) is 0 Å². The van der Waals surface area contributed by atoms with Crippen molar-refractivity contribution in [3.05, 3.63) is 63.2 Å². The van der Waals surface area contributed by atoms with Crippen molar-refractivity contribution in [1.82, 2.24) is 0 Å². The monoisotopic (exact) mass is 378 g/mol. The third-order valence-electron chi connectivity index (χ3n) is 3.18. The highest BCUT2D eigenvalue weighted by atomic mass is 35.5. The first-order valence-electron chi connectivity index (χ1n) is 7.55. The Hall–Kier alpha value is -3.13. The molecule has 0 saturated heterocycles. The van der Waals surface area contributed by atoms with Gasteiger partial charge >= 0.3 is 5.97 Å². The van der Waals surface area contributed by atoms with Crippen LogP contribution < -0.4 is 10.1 Å². The quantitative estimate of drug-likeness (QED) is 0.449. The molecule has 2 rings (SSSR count). The number of rotatable bonds is 7. The predicted molar refractivity (Wildman–Crippen MR) is 94.6 cm³/mol. The summed E-state index contributed by atoms with van der Waals surface area (Å²) in [6.07, 6.45) is 0. The molecule has 0 radical (unpaired) electrons. The topological polar surface area (TPSA) is 108 Å². The number of halogens is 1. The molecule has 1 amide bonds. The van der Waals surface area contributed by atoms with Gasteiger partial charge in [-0.05, 0) is 25.1 Å². The van der Waals surface area contributed by atoms with Gasteiger partial charge in [0.05, 0.1) is 27.8 Å². The van der Waals surface area contributed by atoms with Crippen molar-refractivity contribution in [3.63, 3.8) is 0 Å². The van der Waals surface area contributed by atoms with Gasteiger partial charge in [0.2, 0.25) is 0 Å². The van der Waals surface area contributed by atoms with Crippen molar-refractivity contribution in [3.8, 4) is 5.75 Å². The predicted octanol–water partition coefficient (Wildman–Crippen LogP) is 3.44. The van der Waals surface area contributed by atoms with E-state index in [0.717, 1.165) is 6.07 Å². The molecule has 0 aliphatic heterocycles. The number of para-hydroxylation sites is 1. The summed E-state index contributed by atoms with van der Waals surface area (Å²) in [5.74, 6) is -0.954. The summed E-state index contributed by atoms with van der Waals surface area (Å²) in [5.41, 5.74) is 0.320. The molecule has 136 valence electrons. The van der Waals surface area contributed by atoms with E-state index in [-0.39, 0.29) is 34.3 Å². The lowest BCUT2D eigenvalue weighted by Crippen LogP contribution is -2.22. The Morgan fingerprint density at radius 2 is 1.96 bits per heavy atom. The van der Waals surface area contributed by atoms with Gasteiger partial charge < -0.3 is 14.8 Å². The molecule has 2 aromatic rings. The molecule has 2 aromatic carbocycles. The molecular formula is C17H15ClN2O6. The molecule has 0 aromatic heterocycles. The average molecular weight is 379 g/mol. The summed E-state index contributed by atoms with van der Waals surface area (Å²) < 4.78 is 10.2. The van der Waals surface area contributed by atoms with Crippen LogP contribution in [0, 0.1) is 10.1 Å². The molecule has 0 spiro atoms. The number of carbonyl (C=O) groups is 2. The molecular weight excluding hydrogens is 364 g/mol. The van der Waals surface area contributed by atoms with Crippen LogP contribution >= 0.6 is 11.6 Å². The second-order valence-electron chi connectivity index (χ2n) is 4.97. The van der Waals surface area contributed by atoms with Gasteiger partial charge in [-0.25, -0.2) is 4.79 Å². The van der Waals surface area contributed by atoms with E-state index < -0.39 is 23.4 Å². The molecule has 0 atom stereocenters. The molecule has 0 bridgehead atoms. The normalized spacial score (nSPS) is 10.1. The Morgan fingerprint density at radius 3 is 2.62 bits per heavy atom. The number of ether oxygens (including phenoxy) is 2. The molecule has 8 nitrogen and oxygen atoms in total. The number of amides is 1. The van der Waals surface area contributed by atoms with E-state index in [0.29, 0.717) is 0 Å². The van der Waals surface area contributed by atoms with Crippen LogP contribution in [-0.4, -0.2) is 30.0 Å². The molecule has 1 N–H and O–H groups in total. The van der Waals surface area contributed by atoms with Gasteiger partial charge in [0.1, 0.15) is 5.75 Å². The first-order valence-corrected chi connectivity index (χ1v) is 7.93. The van der Waals surface area contributed by atoms with Gasteiger partial charge in [-0.15, -0.1) is 0 Å². The summed E-state index contributed by atoms with van der Waals surface area (Å²) >= 11 is 5.90. The minimum absolute atomic E-state index is 0.0129. The number of hydrogen-bond acceptors (Lipinski definition) is 6. The minimum atomic E-state index is -0.589. The Bertz CT molecular complexity index is 840. The van der Waals surface area contributed by atoms with Gasteiger partial charge in [0.25, 0.3) is 11.6 Å². The smallest absolute Gasteiger partial charge is 0.340 e. The van der Waals surface area contributed by atoms with Crippen LogP contribution in [0.1, 0.15) is 17.3 Å². The molecule has 0 aliphatic carbocycles. The van der Waals surface area contributed by atoms with Gasteiger partial charge in [0, 0.05) is 12.1 Å². The van der Waals surface area contributed by atoms with Crippen molar-refractivity contribution >= 4 is 34.9 Å². The third kappa shape index (κ3) is 4.93. The van der Waals surface area contributed by atoms with E-state index in [1.165, 1.54) is 18.2 Å². The number of carbonyl (C=O) groups excluding carboxylic acids is 2. The molecule has 26 heavy (non-hydrogen) atoms. The molecule has 0 aliphatic rings. The fourth-order valence-corrected chi connectivity index (χ4v) is 2.26. The van der Waals surface area contributed by atoms with E-state index in [9.17, 15) is 19.7 Å². The molecule has 0 saturated carbocycles. The summed E-state index contributed by atoms with van der Waals surface area (Å²) in [6.45, 7) is 1.50. The standard InChI is InChI=1S/C17H15ClN2O6/c1-2-25-17(22)12-5-3-4-6-14(12)19-16(21)10-26-15-8-7-11(20(23)24)9-13(15)18/h3-9H,2,10H2,1H3,(H,19,21). The zero-order valence-corrected chi connectivity index (χ0v) is 14.5. The highest BCUT2D eigenvalue weighted by Gasteiger charge is 2.15. The van der Waals surface area contributed by atoms with Crippen LogP contribution in [0.25, 0.3) is 0 Å².